The fourth-order valence-corrected chi connectivity index (χ4v) is 2.01. The Morgan fingerprint density at radius 1 is 1.24 bits per heavy atom. The minimum absolute atomic E-state index is 0.241. The zero-order chi connectivity index (χ0) is 15.7. The lowest BCUT2D eigenvalue weighted by molar-refractivity contribution is 0.0695. The second-order valence-corrected chi connectivity index (χ2v) is 4.51. The van der Waals surface area contributed by atoms with Crippen molar-refractivity contribution in [3.8, 4) is 0 Å². The van der Waals surface area contributed by atoms with Gasteiger partial charge in [0.2, 0.25) is 0 Å². The van der Waals surface area contributed by atoms with Crippen LogP contribution in [0.2, 0.25) is 0 Å². The first-order chi connectivity index (χ1) is 10.1. The van der Waals surface area contributed by atoms with E-state index in [1.807, 2.05) is 18.7 Å². The summed E-state index contributed by atoms with van der Waals surface area (Å²) in [4.78, 5) is 17.6. The van der Waals surface area contributed by atoms with Gasteiger partial charge < -0.3 is 19.5 Å². The molecular weight excluding hydrogens is 272 g/mol. The van der Waals surface area contributed by atoms with Crippen molar-refractivity contribution in [3.63, 3.8) is 0 Å². The van der Waals surface area contributed by atoms with E-state index in [2.05, 4.69) is 4.98 Å². The SMILES string of the molecule is CCOCCN(CCOCC)c1nccc(C)c1C(=O)O. The molecule has 0 aromatic carbocycles. The summed E-state index contributed by atoms with van der Waals surface area (Å²) in [5.41, 5.74) is 0.941. The van der Waals surface area contributed by atoms with E-state index in [1.54, 1.807) is 19.2 Å². The van der Waals surface area contributed by atoms with Crippen LogP contribution >= 0.6 is 0 Å². The van der Waals surface area contributed by atoms with Crippen LogP contribution in [0.25, 0.3) is 0 Å². The molecule has 0 saturated carbocycles. The first-order valence-corrected chi connectivity index (χ1v) is 7.21. The van der Waals surface area contributed by atoms with Crippen LogP contribution in [0.1, 0.15) is 29.8 Å². The molecule has 0 aliphatic carbocycles. The van der Waals surface area contributed by atoms with Gasteiger partial charge in [-0.2, -0.15) is 0 Å². The summed E-state index contributed by atoms with van der Waals surface area (Å²) in [6, 6.07) is 1.70. The van der Waals surface area contributed by atoms with Crippen molar-refractivity contribution in [2.24, 2.45) is 0 Å². The maximum Gasteiger partial charge on any atom is 0.339 e. The Labute approximate surface area is 125 Å². The fraction of sp³-hybridized carbons (Fsp3) is 0.600. The number of aromatic nitrogens is 1. The van der Waals surface area contributed by atoms with Crippen LogP contribution < -0.4 is 4.90 Å². The molecule has 0 unspecified atom stereocenters. The second-order valence-electron chi connectivity index (χ2n) is 4.51. The highest BCUT2D eigenvalue weighted by atomic mass is 16.5. The van der Waals surface area contributed by atoms with Crippen molar-refractivity contribution in [2.45, 2.75) is 20.8 Å². The minimum Gasteiger partial charge on any atom is -0.478 e. The maximum atomic E-state index is 11.5. The molecule has 6 heteroatoms. The number of nitrogens with zero attached hydrogens (tertiary/aromatic N) is 2. The first kappa shape index (κ1) is 17.4. The number of carboxylic acid groups (broad SMARTS) is 1. The molecule has 0 bridgehead atoms. The number of pyridine rings is 1. The van der Waals surface area contributed by atoms with Gasteiger partial charge in [-0.05, 0) is 32.4 Å². The number of ether oxygens (including phenoxy) is 2. The maximum absolute atomic E-state index is 11.5. The van der Waals surface area contributed by atoms with E-state index < -0.39 is 5.97 Å². The molecule has 21 heavy (non-hydrogen) atoms. The van der Waals surface area contributed by atoms with Gasteiger partial charge in [0.25, 0.3) is 0 Å². The average Bonchev–Trinajstić information content (AvgIpc) is 2.45. The number of hydrogen-bond donors (Lipinski definition) is 1. The highest BCUT2D eigenvalue weighted by molar-refractivity contribution is 5.94. The van der Waals surface area contributed by atoms with Crippen molar-refractivity contribution in [1.82, 2.24) is 4.98 Å². The van der Waals surface area contributed by atoms with E-state index in [0.717, 1.165) is 0 Å². The number of carbonyl (C=O) groups is 1. The lowest BCUT2D eigenvalue weighted by Crippen LogP contribution is -2.33. The van der Waals surface area contributed by atoms with Crippen molar-refractivity contribution in [1.29, 1.82) is 0 Å². The third-order valence-electron chi connectivity index (χ3n) is 3.07. The monoisotopic (exact) mass is 296 g/mol. The number of anilines is 1. The van der Waals surface area contributed by atoms with Crippen LogP contribution in [0.15, 0.2) is 12.3 Å². The number of carboxylic acids is 1. The molecule has 1 aromatic rings. The molecule has 0 aliphatic heterocycles. The molecule has 0 atom stereocenters. The van der Waals surface area contributed by atoms with Gasteiger partial charge in [-0.15, -0.1) is 0 Å². The van der Waals surface area contributed by atoms with Crippen molar-refractivity contribution in [3.05, 3.63) is 23.4 Å². The third kappa shape index (κ3) is 5.32. The molecule has 1 rings (SSSR count). The van der Waals surface area contributed by atoms with E-state index in [0.29, 0.717) is 50.9 Å². The van der Waals surface area contributed by atoms with Gasteiger partial charge in [0, 0.05) is 32.5 Å². The Hall–Kier alpha value is -1.66. The highest BCUT2D eigenvalue weighted by Crippen LogP contribution is 2.20. The molecular formula is C15H24N2O4. The predicted molar refractivity (Wildman–Crippen MR) is 81.1 cm³/mol. The van der Waals surface area contributed by atoms with Crippen LogP contribution in [0, 0.1) is 6.92 Å². The van der Waals surface area contributed by atoms with E-state index in [1.165, 1.54) is 0 Å². The smallest absolute Gasteiger partial charge is 0.339 e. The topological polar surface area (TPSA) is 71.9 Å². The summed E-state index contributed by atoms with van der Waals surface area (Å²) < 4.78 is 10.7. The molecule has 1 N–H and O–H groups in total. The van der Waals surface area contributed by atoms with Gasteiger partial charge in [-0.3, -0.25) is 0 Å². The first-order valence-electron chi connectivity index (χ1n) is 7.21. The number of aromatic carboxylic acids is 1. The number of hydrogen-bond acceptors (Lipinski definition) is 5. The molecule has 0 spiro atoms. The second kappa shape index (κ2) is 9.31. The molecule has 0 radical (unpaired) electrons. The molecule has 6 nitrogen and oxygen atoms in total. The minimum atomic E-state index is -0.964. The van der Waals surface area contributed by atoms with E-state index in [4.69, 9.17) is 9.47 Å². The Morgan fingerprint density at radius 2 is 1.81 bits per heavy atom. The van der Waals surface area contributed by atoms with Crippen LogP contribution in [0.3, 0.4) is 0 Å². The van der Waals surface area contributed by atoms with Gasteiger partial charge in [-0.1, -0.05) is 0 Å². The van der Waals surface area contributed by atoms with Gasteiger partial charge in [0.15, 0.2) is 0 Å². The lowest BCUT2D eigenvalue weighted by Gasteiger charge is -2.25. The normalized spacial score (nSPS) is 10.6. The fourth-order valence-electron chi connectivity index (χ4n) is 2.01. The van der Waals surface area contributed by atoms with E-state index in [-0.39, 0.29) is 5.56 Å². The molecule has 0 fully saturated rings. The van der Waals surface area contributed by atoms with E-state index in [9.17, 15) is 9.90 Å². The Kier molecular flexibility index (Phi) is 7.71. The van der Waals surface area contributed by atoms with Crippen LogP contribution in [-0.2, 0) is 9.47 Å². The van der Waals surface area contributed by atoms with Gasteiger partial charge in [0.1, 0.15) is 11.4 Å². The summed E-state index contributed by atoms with van der Waals surface area (Å²) >= 11 is 0. The van der Waals surface area contributed by atoms with Crippen molar-refractivity contribution >= 4 is 11.8 Å². The van der Waals surface area contributed by atoms with Crippen molar-refractivity contribution < 1.29 is 19.4 Å². The third-order valence-corrected chi connectivity index (χ3v) is 3.07. The summed E-state index contributed by atoms with van der Waals surface area (Å²) in [6.45, 7) is 9.11. The zero-order valence-corrected chi connectivity index (χ0v) is 13.0. The Morgan fingerprint density at radius 3 is 2.29 bits per heavy atom. The van der Waals surface area contributed by atoms with Crippen LogP contribution in [0.5, 0.6) is 0 Å². The number of aryl methyl sites for hydroxylation is 1. The average molecular weight is 296 g/mol. The lowest BCUT2D eigenvalue weighted by atomic mass is 10.1. The summed E-state index contributed by atoms with van der Waals surface area (Å²) in [5.74, 6) is -0.490. The Balaban J connectivity index is 2.95. The standard InChI is InChI=1S/C15H24N2O4/c1-4-20-10-8-17(9-11-21-5-2)14-13(15(18)19)12(3)6-7-16-14/h6-7H,4-5,8-11H2,1-3H3,(H,18,19). The molecule has 0 saturated heterocycles. The molecule has 1 aromatic heterocycles. The van der Waals surface area contributed by atoms with Gasteiger partial charge in [-0.25, -0.2) is 9.78 Å². The summed E-state index contributed by atoms with van der Waals surface area (Å²) in [7, 11) is 0. The summed E-state index contributed by atoms with van der Waals surface area (Å²) in [5, 5.41) is 9.41. The van der Waals surface area contributed by atoms with E-state index >= 15 is 0 Å². The predicted octanol–water partition coefficient (Wildman–Crippen LogP) is 1.97. The zero-order valence-electron chi connectivity index (χ0n) is 13.0. The van der Waals surface area contributed by atoms with Crippen LogP contribution in [0.4, 0.5) is 5.82 Å². The molecule has 0 aliphatic rings. The molecule has 1 heterocycles. The largest absolute Gasteiger partial charge is 0.478 e. The quantitative estimate of drug-likeness (QED) is 0.666. The highest BCUT2D eigenvalue weighted by Gasteiger charge is 2.19. The van der Waals surface area contributed by atoms with Gasteiger partial charge in [0.05, 0.1) is 13.2 Å². The molecule has 118 valence electrons. The summed E-state index contributed by atoms with van der Waals surface area (Å²) in [6.07, 6.45) is 1.63. The van der Waals surface area contributed by atoms with Gasteiger partial charge >= 0.3 is 5.97 Å². The van der Waals surface area contributed by atoms with Crippen LogP contribution in [-0.4, -0.2) is 55.6 Å². The number of rotatable bonds is 10. The van der Waals surface area contributed by atoms with Crippen molar-refractivity contribution in [2.75, 3.05) is 44.4 Å². The molecule has 0 amide bonds. The Bertz CT molecular complexity index is 441.